The Labute approximate surface area is 274 Å². The number of carbonyl (C=O) groups is 2. The van der Waals surface area contributed by atoms with Crippen LogP contribution in [-0.2, 0) is 32.9 Å². The molecule has 0 fully saturated rings. The van der Waals surface area contributed by atoms with Crippen LogP contribution in [0.1, 0.15) is 38.3 Å². The lowest BCUT2D eigenvalue weighted by atomic mass is 10.1. The Morgan fingerprint density at radius 2 is 1.26 bits per heavy atom. The van der Waals surface area contributed by atoms with Crippen LogP contribution in [0.2, 0.25) is 5.02 Å². The highest BCUT2D eigenvalue weighted by Crippen LogP contribution is 2.33. The van der Waals surface area contributed by atoms with Crippen LogP contribution in [0, 0.1) is 0 Å². The van der Waals surface area contributed by atoms with Gasteiger partial charge in [-0.25, -0.2) is 30.2 Å². The molecule has 10 nitrogen and oxygen atoms in total. The van der Waals surface area contributed by atoms with Gasteiger partial charge in [-0.2, -0.15) is 0 Å². The predicted molar refractivity (Wildman–Crippen MR) is 177 cm³/mol. The van der Waals surface area contributed by atoms with E-state index in [-0.39, 0.29) is 27.7 Å². The minimum absolute atomic E-state index is 0.0101. The number of sulfonamides is 2. The molecule has 13 heteroatoms. The number of nitrogens with zero attached hydrogens (tertiary/aromatic N) is 2. The van der Waals surface area contributed by atoms with E-state index in [0.29, 0.717) is 19.4 Å². The molecule has 0 heterocycles. The number of nitrogens with one attached hydrogen (secondary N) is 1. The number of hydrogen-bond donors (Lipinski definition) is 2. The van der Waals surface area contributed by atoms with Crippen molar-refractivity contribution in [2.24, 2.45) is 0 Å². The maximum atomic E-state index is 13.5. The van der Waals surface area contributed by atoms with Gasteiger partial charge in [0.2, 0.25) is 20.0 Å². The fourth-order valence-electron chi connectivity index (χ4n) is 4.64. The highest BCUT2D eigenvalue weighted by Gasteiger charge is 2.28. The summed E-state index contributed by atoms with van der Waals surface area (Å²) in [6.45, 7) is 0.393. The molecule has 0 unspecified atom stereocenters. The minimum Gasteiger partial charge on any atom is -0.478 e. The molecule has 4 aromatic carbocycles. The van der Waals surface area contributed by atoms with Gasteiger partial charge in [-0.05, 0) is 66.8 Å². The van der Waals surface area contributed by atoms with Gasteiger partial charge in [0.25, 0.3) is 5.91 Å². The summed E-state index contributed by atoms with van der Waals surface area (Å²) in [5.74, 6) is -2.16. The number of carboxylic acids is 1. The number of carboxylic acid groups (broad SMARTS) is 1. The molecule has 46 heavy (non-hydrogen) atoms. The summed E-state index contributed by atoms with van der Waals surface area (Å²) in [5.41, 5.74) is 1.45. The zero-order valence-corrected chi connectivity index (χ0v) is 27.6. The quantitative estimate of drug-likeness (QED) is 0.181. The van der Waals surface area contributed by atoms with E-state index in [2.05, 4.69) is 5.32 Å². The van der Waals surface area contributed by atoms with Gasteiger partial charge < -0.3 is 10.4 Å². The van der Waals surface area contributed by atoms with Gasteiger partial charge in [-0.3, -0.25) is 4.79 Å². The van der Waals surface area contributed by atoms with Gasteiger partial charge in [-0.1, -0.05) is 72.3 Å². The number of halogens is 1. The van der Waals surface area contributed by atoms with E-state index in [9.17, 15) is 31.5 Å². The van der Waals surface area contributed by atoms with Crippen LogP contribution in [0.4, 0.5) is 5.69 Å². The number of aryl methyl sites for hydroxylation is 1. The van der Waals surface area contributed by atoms with E-state index in [4.69, 9.17) is 11.6 Å². The second-order valence-electron chi connectivity index (χ2n) is 10.6. The zero-order valence-electron chi connectivity index (χ0n) is 25.3. The first-order valence-corrected chi connectivity index (χ1v) is 17.6. The van der Waals surface area contributed by atoms with Crippen molar-refractivity contribution < 1.29 is 31.5 Å². The maximum Gasteiger partial charge on any atom is 0.335 e. The summed E-state index contributed by atoms with van der Waals surface area (Å²) in [6, 6.07) is 26.2. The van der Waals surface area contributed by atoms with Crippen LogP contribution in [0.3, 0.4) is 0 Å². The van der Waals surface area contributed by atoms with Gasteiger partial charge in [0, 0.05) is 32.7 Å². The highest BCUT2D eigenvalue weighted by molar-refractivity contribution is 7.89. The van der Waals surface area contributed by atoms with E-state index in [0.717, 1.165) is 34.0 Å². The van der Waals surface area contributed by atoms with E-state index in [1.165, 1.54) is 42.7 Å². The third-order valence-electron chi connectivity index (χ3n) is 7.39. The molecule has 242 valence electrons. The first kappa shape index (κ1) is 34.8. The van der Waals surface area contributed by atoms with Gasteiger partial charge in [0.1, 0.15) is 4.90 Å². The topological polar surface area (TPSA) is 141 Å². The molecule has 2 N–H and O–H groups in total. The van der Waals surface area contributed by atoms with Gasteiger partial charge in [0.05, 0.1) is 21.2 Å². The lowest BCUT2D eigenvalue weighted by Crippen LogP contribution is -2.29. The summed E-state index contributed by atoms with van der Waals surface area (Å²) in [5, 5.41) is 11.8. The number of likely N-dealkylation sites (N-methyl/N-ethyl adjacent to an activating group) is 1. The SMILES string of the molecule is CN(CCCc1ccccc1)S(=O)(=O)c1ccc(C(=O)Nc2cc(C(=O)O)cc(S(=O)(=O)N(C)CCc3ccccc3)c2Cl)cc1. The van der Waals surface area contributed by atoms with E-state index in [1.807, 2.05) is 60.7 Å². The van der Waals surface area contributed by atoms with E-state index < -0.39 is 42.4 Å². The molecule has 0 aliphatic carbocycles. The third kappa shape index (κ3) is 8.39. The van der Waals surface area contributed by atoms with E-state index >= 15 is 0 Å². The van der Waals surface area contributed by atoms with Crippen LogP contribution in [-0.4, -0.2) is 69.6 Å². The van der Waals surface area contributed by atoms with Crippen molar-refractivity contribution in [3.05, 3.63) is 124 Å². The molecule has 0 spiro atoms. The monoisotopic (exact) mass is 683 g/mol. The van der Waals surface area contributed by atoms with Crippen LogP contribution in [0.25, 0.3) is 0 Å². The van der Waals surface area contributed by atoms with Gasteiger partial charge in [0.15, 0.2) is 0 Å². The predicted octanol–water partition coefficient (Wildman–Crippen LogP) is 5.41. The number of benzene rings is 4. The second-order valence-corrected chi connectivity index (χ2v) is 15.0. The summed E-state index contributed by atoms with van der Waals surface area (Å²) in [6.07, 6.45) is 1.75. The molecule has 0 saturated carbocycles. The fraction of sp³-hybridized carbons (Fsp3) is 0.212. The number of hydrogen-bond acceptors (Lipinski definition) is 6. The van der Waals surface area contributed by atoms with Crippen molar-refractivity contribution in [1.29, 1.82) is 0 Å². The Balaban J connectivity index is 1.49. The number of carbonyl (C=O) groups excluding carboxylic acids is 1. The molecule has 0 radical (unpaired) electrons. The van der Waals surface area contributed by atoms with Crippen LogP contribution in [0.15, 0.2) is 107 Å². The molecule has 0 atom stereocenters. The summed E-state index contributed by atoms with van der Waals surface area (Å²) in [7, 11) is -5.23. The number of rotatable bonds is 14. The van der Waals surface area contributed by atoms with Crippen molar-refractivity contribution in [3.8, 4) is 0 Å². The Bertz CT molecular complexity index is 1900. The normalized spacial score (nSPS) is 11.9. The minimum atomic E-state index is -4.26. The molecule has 0 saturated heterocycles. The van der Waals surface area contributed by atoms with Crippen molar-refractivity contribution in [1.82, 2.24) is 8.61 Å². The Kier molecular flexibility index (Phi) is 11.4. The average Bonchev–Trinajstić information content (AvgIpc) is 3.05. The van der Waals surface area contributed by atoms with Crippen molar-refractivity contribution in [2.45, 2.75) is 29.1 Å². The van der Waals surface area contributed by atoms with Crippen molar-refractivity contribution >= 4 is 49.2 Å². The highest BCUT2D eigenvalue weighted by atomic mass is 35.5. The van der Waals surface area contributed by atoms with Crippen LogP contribution < -0.4 is 5.32 Å². The van der Waals surface area contributed by atoms with Gasteiger partial charge in [-0.15, -0.1) is 0 Å². The molecule has 4 aromatic rings. The standard InChI is InChI=1S/C33H34ClN3O7S2/c1-36(20-9-14-24-10-5-3-6-11-24)45(41,42)28-17-15-26(16-18-28)32(38)35-29-22-27(33(39)40)23-30(31(29)34)46(43,44)37(2)21-19-25-12-7-4-8-13-25/h3-8,10-13,15-18,22-23H,9,14,19-21H2,1-2H3,(H,35,38)(H,39,40). The van der Waals surface area contributed by atoms with Crippen molar-refractivity contribution in [3.63, 3.8) is 0 Å². The lowest BCUT2D eigenvalue weighted by Gasteiger charge is -2.20. The molecule has 1 amide bonds. The summed E-state index contributed by atoms with van der Waals surface area (Å²) < 4.78 is 55.4. The lowest BCUT2D eigenvalue weighted by molar-refractivity contribution is 0.0696. The molecular weight excluding hydrogens is 650 g/mol. The Morgan fingerprint density at radius 1 is 0.717 bits per heavy atom. The molecule has 0 aliphatic heterocycles. The van der Waals surface area contributed by atoms with Crippen LogP contribution in [0.5, 0.6) is 0 Å². The number of amides is 1. The average molecular weight is 684 g/mol. The smallest absolute Gasteiger partial charge is 0.335 e. The first-order valence-electron chi connectivity index (χ1n) is 14.3. The molecular formula is C33H34ClN3O7S2. The van der Waals surface area contributed by atoms with Gasteiger partial charge >= 0.3 is 5.97 Å². The Hall–Kier alpha value is -4.07. The Morgan fingerprint density at radius 3 is 1.83 bits per heavy atom. The van der Waals surface area contributed by atoms with Crippen LogP contribution >= 0.6 is 11.6 Å². The third-order valence-corrected chi connectivity index (χ3v) is 11.7. The summed E-state index contributed by atoms with van der Waals surface area (Å²) >= 11 is 6.47. The van der Waals surface area contributed by atoms with Crippen molar-refractivity contribution in [2.75, 3.05) is 32.5 Å². The maximum absolute atomic E-state index is 13.5. The zero-order chi connectivity index (χ0) is 33.5. The fourth-order valence-corrected chi connectivity index (χ4v) is 7.58. The van der Waals surface area contributed by atoms with E-state index in [1.54, 1.807) is 0 Å². The second kappa shape index (κ2) is 15.0. The molecule has 4 rings (SSSR count). The number of anilines is 1. The molecule has 0 aliphatic rings. The largest absolute Gasteiger partial charge is 0.478 e. The number of aromatic carboxylic acids is 1. The molecule has 0 aromatic heterocycles. The molecule has 0 bridgehead atoms. The first-order chi connectivity index (χ1) is 21.8. The summed E-state index contributed by atoms with van der Waals surface area (Å²) in [4.78, 5) is 24.5.